The number of esters is 1. The molecule has 1 fully saturated rings. The molecule has 1 aromatic rings. The van der Waals surface area contributed by atoms with E-state index in [2.05, 4.69) is 0 Å². The fourth-order valence-corrected chi connectivity index (χ4v) is 4.01. The van der Waals surface area contributed by atoms with Gasteiger partial charge in [-0.1, -0.05) is 30.4 Å². The van der Waals surface area contributed by atoms with Crippen LogP contribution in [0.4, 0.5) is 17.6 Å². The molecule has 9 heteroatoms. The highest BCUT2D eigenvalue weighted by atomic mass is 19.4. The third-order valence-electron chi connectivity index (χ3n) is 5.72. The monoisotopic (exact) mass is 502 g/mol. The Morgan fingerprint density at radius 2 is 1.94 bits per heavy atom. The maximum absolute atomic E-state index is 14.3. The molecule has 1 aliphatic carbocycles. The molecule has 0 aromatic heterocycles. The Morgan fingerprint density at radius 1 is 1.20 bits per heavy atom. The van der Waals surface area contributed by atoms with E-state index in [1.807, 2.05) is 12.2 Å². The number of ether oxygens (including phenoxy) is 2. The van der Waals surface area contributed by atoms with Crippen LogP contribution in [0.2, 0.25) is 0 Å². The Hall–Kier alpha value is -2.39. The molecule has 0 heterocycles. The van der Waals surface area contributed by atoms with E-state index >= 15 is 0 Å². The molecule has 2 rings (SSSR count). The quantitative estimate of drug-likeness (QED) is 0.173. The van der Waals surface area contributed by atoms with Crippen molar-refractivity contribution >= 4 is 5.97 Å². The van der Waals surface area contributed by atoms with Gasteiger partial charge < -0.3 is 19.7 Å². The van der Waals surface area contributed by atoms with Crippen LogP contribution >= 0.6 is 0 Å². The van der Waals surface area contributed by atoms with E-state index in [1.54, 1.807) is 13.8 Å². The molecule has 5 atom stereocenters. The number of benzene rings is 1. The zero-order valence-corrected chi connectivity index (χ0v) is 20.0. The van der Waals surface area contributed by atoms with Crippen LogP contribution in [0.15, 0.2) is 48.6 Å². The zero-order chi connectivity index (χ0) is 26.0. The average molecular weight is 503 g/mol. The summed E-state index contributed by atoms with van der Waals surface area (Å²) in [6.07, 6.45) is 0.917. The molecule has 1 saturated carbocycles. The molecule has 0 saturated heterocycles. The van der Waals surface area contributed by atoms with Gasteiger partial charge in [-0.05, 0) is 57.2 Å². The fourth-order valence-electron chi connectivity index (χ4n) is 4.01. The van der Waals surface area contributed by atoms with Gasteiger partial charge in [0.2, 0.25) is 0 Å². The maximum atomic E-state index is 14.3. The summed E-state index contributed by atoms with van der Waals surface area (Å²) in [5, 5.41) is 20.6. The summed E-state index contributed by atoms with van der Waals surface area (Å²) in [6.45, 7) is 3.10. The Bertz CT molecular complexity index is 852. The van der Waals surface area contributed by atoms with E-state index in [1.165, 1.54) is 24.3 Å². The molecule has 0 amide bonds. The van der Waals surface area contributed by atoms with Crippen LogP contribution in [0.3, 0.4) is 0 Å². The van der Waals surface area contributed by atoms with Gasteiger partial charge in [-0.25, -0.2) is 4.39 Å². The molecule has 196 valence electrons. The SMILES string of the molecule is CC(C)OC(=O)CCC/C=C\C[C@@H]1[C@@H](/C=C/[C@H](F)COc2cccc(C(F)(F)F)c2)[C@H](O)C[C@@H]1O. The van der Waals surface area contributed by atoms with Crippen molar-refractivity contribution in [3.63, 3.8) is 0 Å². The molecule has 35 heavy (non-hydrogen) atoms. The second-order valence-corrected chi connectivity index (χ2v) is 8.99. The highest BCUT2D eigenvalue weighted by Gasteiger charge is 2.39. The standard InChI is InChI=1S/C26H34F4O5/c1-17(2)35-25(33)11-6-4-3-5-10-21-22(24(32)15-23(21)31)13-12-19(27)16-34-20-9-7-8-18(14-20)26(28,29)30/h3,5,7-9,12-14,17,19,21-24,31-32H,4,6,10-11,15-16H2,1-2H3/b5-3-,13-12+/t19-,21+,22+,23-,24+/m0/s1. The predicted octanol–water partition coefficient (Wildman–Crippen LogP) is 5.40. The molecular weight excluding hydrogens is 468 g/mol. The van der Waals surface area contributed by atoms with E-state index in [0.29, 0.717) is 25.7 Å². The minimum absolute atomic E-state index is 0.0901. The maximum Gasteiger partial charge on any atom is 0.416 e. The van der Waals surface area contributed by atoms with Crippen LogP contribution in [0.1, 0.15) is 51.5 Å². The van der Waals surface area contributed by atoms with Crippen LogP contribution in [-0.4, -0.2) is 47.3 Å². The van der Waals surface area contributed by atoms with Gasteiger partial charge in [0.25, 0.3) is 0 Å². The molecule has 1 aliphatic rings. The highest BCUT2D eigenvalue weighted by molar-refractivity contribution is 5.69. The molecule has 2 N–H and O–H groups in total. The summed E-state index contributed by atoms with van der Waals surface area (Å²) in [6, 6.07) is 4.22. The van der Waals surface area contributed by atoms with Crippen LogP contribution in [0, 0.1) is 11.8 Å². The minimum Gasteiger partial charge on any atom is -0.490 e. The lowest BCUT2D eigenvalue weighted by Gasteiger charge is -2.19. The van der Waals surface area contributed by atoms with Crippen molar-refractivity contribution in [2.45, 2.75) is 76.6 Å². The van der Waals surface area contributed by atoms with Gasteiger partial charge >= 0.3 is 12.1 Å². The number of aliphatic hydroxyl groups excluding tert-OH is 2. The van der Waals surface area contributed by atoms with Gasteiger partial charge in [0.15, 0.2) is 6.17 Å². The third-order valence-corrected chi connectivity index (χ3v) is 5.72. The second kappa shape index (κ2) is 13.6. The number of aliphatic hydroxyl groups is 2. The largest absolute Gasteiger partial charge is 0.490 e. The van der Waals surface area contributed by atoms with E-state index in [9.17, 15) is 32.6 Å². The first-order valence-electron chi connectivity index (χ1n) is 11.8. The van der Waals surface area contributed by atoms with E-state index < -0.39 is 42.6 Å². The van der Waals surface area contributed by atoms with Crippen molar-refractivity contribution in [1.82, 2.24) is 0 Å². The minimum atomic E-state index is -4.52. The molecule has 5 nitrogen and oxygen atoms in total. The van der Waals surface area contributed by atoms with Gasteiger partial charge in [0.1, 0.15) is 12.4 Å². The van der Waals surface area contributed by atoms with E-state index in [-0.39, 0.29) is 30.2 Å². The number of carbonyl (C=O) groups is 1. The summed E-state index contributed by atoms with van der Waals surface area (Å²) in [4.78, 5) is 11.5. The van der Waals surface area contributed by atoms with Gasteiger partial charge in [-0.2, -0.15) is 13.2 Å². The van der Waals surface area contributed by atoms with Crippen molar-refractivity contribution in [2.75, 3.05) is 6.61 Å². The Balaban J connectivity index is 1.82. The number of hydrogen-bond acceptors (Lipinski definition) is 5. The van der Waals surface area contributed by atoms with Gasteiger partial charge in [-0.3, -0.25) is 4.79 Å². The number of carbonyl (C=O) groups excluding carboxylic acids is 1. The first-order chi connectivity index (χ1) is 16.5. The van der Waals surface area contributed by atoms with Gasteiger partial charge in [0, 0.05) is 18.8 Å². The molecule has 0 radical (unpaired) electrons. The van der Waals surface area contributed by atoms with Crippen LogP contribution in [0.25, 0.3) is 0 Å². The number of hydrogen-bond donors (Lipinski definition) is 2. The summed E-state index contributed by atoms with van der Waals surface area (Å²) < 4.78 is 62.9. The van der Waals surface area contributed by atoms with Crippen molar-refractivity contribution in [2.24, 2.45) is 11.8 Å². The fraction of sp³-hybridized carbons (Fsp3) is 0.577. The van der Waals surface area contributed by atoms with Crippen molar-refractivity contribution in [3.05, 3.63) is 54.1 Å². The summed E-state index contributed by atoms with van der Waals surface area (Å²) in [5.74, 6) is -1.11. The summed E-state index contributed by atoms with van der Waals surface area (Å²) in [5.41, 5.74) is -0.879. The lowest BCUT2D eigenvalue weighted by Crippen LogP contribution is -2.20. The number of allylic oxidation sites excluding steroid dienone is 2. The number of halogens is 4. The molecule has 0 unspecified atom stereocenters. The number of alkyl halides is 4. The zero-order valence-electron chi connectivity index (χ0n) is 20.0. The van der Waals surface area contributed by atoms with E-state index in [4.69, 9.17) is 9.47 Å². The highest BCUT2D eigenvalue weighted by Crippen LogP contribution is 2.36. The van der Waals surface area contributed by atoms with E-state index in [0.717, 1.165) is 12.1 Å². The summed E-state index contributed by atoms with van der Waals surface area (Å²) >= 11 is 0. The molecule has 0 bridgehead atoms. The van der Waals surface area contributed by atoms with Crippen LogP contribution in [-0.2, 0) is 15.7 Å². The van der Waals surface area contributed by atoms with Crippen molar-refractivity contribution < 1.29 is 42.0 Å². The average Bonchev–Trinajstić information content (AvgIpc) is 3.04. The lowest BCUT2D eigenvalue weighted by atomic mass is 9.89. The lowest BCUT2D eigenvalue weighted by molar-refractivity contribution is -0.147. The summed E-state index contributed by atoms with van der Waals surface area (Å²) in [7, 11) is 0. The first-order valence-corrected chi connectivity index (χ1v) is 11.8. The van der Waals surface area contributed by atoms with Crippen molar-refractivity contribution in [1.29, 1.82) is 0 Å². The Labute approximate surface area is 203 Å². The van der Waals surface area contributed by atoms with Crippen molar-refractivity contribution in [3.8, 4) is 5.75 Å². The third kappa shape index (κ3) is 10.0. The predicted molar refractivity (Wildman–Crippen MR) is 123 cm³/mol. The van der Waals surface area contributed by atoms with Gasteiger partial charge in [-0.15, -0.1) is 0 Å². The Kier molecular flexibility index (Phi) is 11.2. The normalized spacial score (nSPS) is 23.9. The molecule has 1 aromatic carbocycles. The number of rotatable bonds is 12. The van der Waals surface area contributed by atoms with Crippen LogP contribution < -0.4 is 4.74 Å². The smallest absolute Gasteiger partial charge is 0.416 e. The van der Waals surface area contributed by atoms with Crippen LogP contribution in [0.5, 0.6) is 5.75 Å². The molecule has 0 spiro atoms. The first kappa shape index (κ1) is 28.8. The molecular formula is C26H34F4O5. The van der Waals surface area contributed by atoms with Gasteiger partial charge in [0.05, 0.1) is 23.9 Å². The second-order valence-electron chi connectivity index (χ2n) is 8.99. The number of unbranched alkanes of at least 4 members (excludes halogenated alkanes) is 1. The molecule has 0 aliphatic heterocycles. The topological polar surface area (TPSA) is 76.0 Å². The Morgan fingerprint density at radius 3 is 2.63 bits per heavy atom.